The van der Waals surface area contributed by atoms with Gasteiger partial charge >= 0.3 is 0 Å². The molecule has 1 N–H and O–H groups in total. The highest BCUT2D eigenvalue weighted by molar-refractivity contribution is 4.83. The van der Waals surface area contributed by atoms with Crippen LogP contribution in [-0.4, -0.2) is 36.1 Å². The van der Waals surface area contributed by atoms with Crippen molar-refractivity contribution in [2.75, 3.05) is 13.2 Å². The molecule has 0 bridgehead atoms. The highest BCUT2D eigenvalue weighted by Crippen LogP contribution is 2.31. The molecule has 0 saturated carbocycles. The van der Waals surface area contributed by atoms with Gasteiger partial charge in [0.1, 0.15) is 0 Å². The summed E-state index contributed by atoms with van der Waals surface area (Å²) >= 11 is 0. The van der Waals surface area contributed by atoms with E-state index in [0.717, 1.165) is 0 Å². The fourth-order valence-electron chi connectivity index (χ4n) is 1.76. The first-order valence-corrected chi connectivity index (χ1v) is 6.64. The molecule has 104 valence electrons. The molecule has 0 aliphatic carbocycles. The van der Waals surface area contributed by atoms with E-state index in [2.05, 4.69) is 34.6 Å². The number of ether oxygens (including phenoxy) is 2. The summed E-state index contributed by atoms with van der Waals surface area (Å²) in [4.78, 5) is 0. The van der Waals surface area contributed by atoms with Crippen molar-refractivity contribution in [1.82, 2.24) is 0 Å². The van der Waals surface area contributed by atoms with E-state index < -0.39 is 0 Å². The number of aliphatic hydroxyl groups excluding tert-OH is 1. The van der Waals surface area contributed by atoms with Crippen LogP contribution in [0.3, 0.4) is 0 Å². The second kappa shape index (κ2) is 7.34. The third-order valence-electron chi connectivity index (χ3n) is 3.62. The van der Waals surface area contributed by atoms with Crippen LogP contribution < -0.4 is 0 Å². The molecule has 3 nitrogen and oxygen atoms in total. The van der Waals surface area contributed by atoms with Crippen molar-refractivity contribution < 1.29 is 14.6 Å². The van der Waals surface area contributed by atoms with Crippen molar-refractivity contribution in [3.8, 4) is 0 Å². The SMILES string of the molecule is CC(CO)OCC(C)OC(C)(C(C)C)C(C)C. The molecule has 0 aromatic rings. The zero-order valence-corrected chi connectivity index (χ0v) is 12.5. The average molecular weight is 246 g/mol. The molecule has 0 spiro atoms. The molecule has 0 aliphatic rings. The minimum absolute atomic E-state index is 0.0406. The van der Waals surface area contributed by atoms with Gasteiger partial charge in [0, 0.05) is 0 Å². The zero-order valence-electron chi connectivity index (χ0n) is 12.5. The van der Waals surface area contributed by atoms with Crippen molar-refractivity contribution in [3.05, 3.63) is 0 Å². The first kappa shape index (κ1) is 16.9. The van der Waals surface area contributed by atoms with Crippen LogP contribution in [0.25, 0.3) is 0 Å². The van der Waals surface area contributed by atoms with E-state index in [1.807, 2.05) is 13.8 Å². The van der Waals surface area contributed by atoms with Gasteiger partial charge in [0.15, 0.2) is 0 Å². The fraction of sp³-hybridized carbons (Fsp3) is 1.00. The number of rotatable bonds is 8. The molecule has 0 rings (SSSR count). The summed E-state index contributed by atoms with van der Waals surface area (Å²) in [5.74, 6) is 0.917. The number of hydrogen-bond acceptors (Lipinski definition) is 3. The summed E-state index contributed by atoms with van der Waals surface area (Å²) in [6.45, 7) is 15.4. The summed E-state index contributed by atoms with van der Waals surface area (Å²) in [5, 5.41) is 8.89. The number of hydrogen-bond donors (Lipinski definition) is 1. The van der Waals surface area contributed by atoms with Crippen LogP contribution in [0.5, 0.6) is 0 Å². The quantitative estimate of drug-likeness (QED) is 0.715. The number of aliphatic hydroxyl groups is 1. The van der Waals surface area contributed by atoms with Crippen LogP contribution >= 0.6 is 0 Å². The van der Waals surface area contributed by atoms with Gasteiger partial charge in [-0.05, 0) is 32.6 Å². The normalized spacial score (nSPS) is 16.6. The topological polar surface area (TPSA) is 38.7 Å². The Bertz CT molecular complexity index is 194. The molecule has 0 saturated heterocycles. The highest BCUT2D eigenvalue weighted by Gasteiger charge is 2.34. The van der Waals surface area contributed by atoms with Gasteiger partial charge in [0.05, 0.1) is 31.0 Å². The van der Waals surface area contributed by atoms with Crippen LogP contribution in [0.1, 0.15) is 48.5 Å². The summed E-state index contributed by atoms with van der Waals surface area (Å²) in [5.41, 5.74) is -0.134. The summed E-state index contributed by atoms with van der Waals surface area (Å²) < 4.78 is 11.6. The van der Waals surface area contributed by atoms with Gasteiger partial charge in [-0.2, -0.15) is 0 Å². The Kier molecular flexibility index (Phi) is 7.29. The van der Waals surface area contributed by atoms with Crippen molar-refractivity contribution in [2.24, 2.45) is 11.8 Å². The van der Waals surface area contributed by atoms with Crippen LogP contribution in [0, 0.1) is 11.8 Å². The molecule has 0 aromatic carbocycles. The standard InChI is InChI=1S/C14H30O3/c1-10(2)14(7,11(3)4)17-13(6)9-16-12(5)8-15/h10-13,15H,8-9H2,1-7H3. The van der Waals surface area contributed by atoms with Crippen LogP contribution in [-0.2, 0) is 9.47 Å². The molecule has 0 heterocycles. The van der Waals surface area contributed by atoms with E-state index in [-0.39, 0.29) is 24.4 Å². The molecule has 17 heavy (non-hydrogen) atoms. The predicted octanol–water partition coefficient (Wildman–Crippen LogP) is 2.86. The highest BCUT2D eigenvalue weighted by atomic mass is 16.6. The molecular weight excluding hydrogens is 216 g/mol. The Hall–Kier alpha value is -0.120. The van der Waals surface area contributed by atoms with Gasteiger partial charge in [0.2, 0.25) is 0 Å². The lowest BCUT2D eigenvalue weighted by Gasteiger charge is -2.40. The van der Waals surface area contributed by atoms with Gasteiger partial charge in [-0.1, -0.05) is 27.7 Å². The first-order valence-electron chi connectivity index (χ1n) is 6.64. The van der Waals surface area contributed by atoms with Gasteiger partial charge in [-0.3, -0.25) is 0 Å². The maximum atomic E-state index is 8.89. The minimum atomic E-state index is -0.134. The Balaban J connectivity index is 4.28. The van der Waals surface area contributed by atoms with E-state index in [1.54, 1.807) is 0 Å². The van der Waals surface area contributed by atoms with E-state index in [4.69, 9.17) is 14.6 Å². The predicted molar refractivity (Wildman–Crippen MR) is 71.1 cm³/mol. The van der Waals surface area contributed by atoms with Gasteiger partial charge in [-0.15, -0.1) is 0 Å². The molecular formula is C14H30O3. The van der Waals surface area contributed by atoms with Gasteiger partial charge in [-0.25, -0.2) is 0 Å². The maximum absolute atomic E-state index is 8.89. The first-order chi connectivity index (χ1) is 7.74. The Morgan fingerprint density at radius 1 is 0.941 bits per heavy atom. The second-order valence-corrected chi connectivity index (χ2v) is 5.75. The third kappa shape index (κ3) is 5.36. The van der Waals surface area contributed by atoms with E-state index in [9.17, 15) is 0 Å². The monoisotopic (exact) mass is 246 g/mol. The zero-order chi connectivity index (χ0) is 13.6. The van der Waals surface area contributed by atoms with Crippen molar-refractivity contribution in [3.63, 3.8) is 0 Å². The van der Waals surface area contributed by atoms with Crippen LogP contribution in [0.4, 0.5) is 0 Å². The van der Waals surface area contributed by atoms with E-state index in [1.165, 1.54) is 0 Å². The van der Waals surface area contributed by atoms with Crippen molar-refractivity contribution in [2.45, 2.75) is 66.3 Å². The van der Waals surface area contributed by atoms with Crippen molar-refractivity contribution in [1.29, 1.82) is 0 Å². The minimum Gasteiger partial charge on any atom is -0.394 e. The summed E-state index contributed by atoms with van der Waals surface area (Å²) in [6.07, 6.45) is -0.0794. The van der Waals surface area contributed by atoms with Gasteiger partial charge < -0.3 is 14.6 Å². The summed E-state index contributed by atoms with van der Waals surface area (Å²) in [6, 6.07) is 0. The van der Waals surface area contributed by atoms with E-state index in [0.29, 0.717) is 18.4 Å². The Morgan fingerprint density at radius 2 is 1.41 bits per heavy atom. The Morgan fingerprint density at radius 3 is 1.76 bits per heavy atom. The van der Waals surface area contributed by atoms with Crippen LogP contribution in [0.15, 0.2) is 0 Å². The second-order valence-electron chi connectivity index (χ2n) is 5.75. The summed E-state index contributed by atoms with van der Waals surface area (Å²) in [7, 11) is 0. The fourth-order valence-corrected chi connectivity index (χ4v) is 1.76. The lowest BCUT2D eigenvalue weighted by molar-refractivity contribution is -0.154. The average Bonchev–Trinajstić information content (AvgIpc) is 2.25. The van der Waals surface area contributed by atoms with E-state index >= 15 is 0 Å². The van der Waals surface area contributed by atoms with Gasteiger partial charge in [0.25, 0.3) is 0 Å². The largest absolute Gasteiger partial charge is 0.394 e. The lowest BCUT2D eigenvalue weighted by Crippen LogP contribution is -2.44. The maximum Gasteiger partial charge on any atom is 0.0788 e. The Labute approximate surface area is 107 Å². The molecule has 3 heteroatoms. The molecule has 0 radical (unpaired) electrons. The molecule has 0 aliphatic heterocycles. The molecule has 2 atom stereocenters. The third-order valence-corrected chi connectivity index (χ3v) is 3.62. The van der Waals surface area contributed by atoms with Crippen LogP contribution in [0.2, 0.25) is 0 Å². The molecule has 2 unspecified atom stereocenters. The van der Waals surface area contributed by atoms with Crippen molar-refractivity contribution >= 4 is 0 Å². The lowest BCUT2D eigenvalue weighted by atomic mass is 9.82. The molecule has 0 fully saturated rings. The smallest absolute Gasteiger partial charge is 0.0788 e. The molecule has 0 amide bonds. The molecule has 0 aromatic heterocycles.